The van der Waals surface area contributed by atoms with E-state index >= 15 is 0 Å². The first-order chi connectivity index (χ1) is 8.99. The molecular weight excluding hydrogens is 252 g/mol. The van der Waals surface area contributed by atoms with Crippen LogP contribution in [0.15, 0.2) is 30.3 Å². The van der Waals surface area contributed by atoms with Crippen LogP contribution in [0, 0.1) is 0 Å². The highest BCUT2D eigenvalue weighted by Gasteiger charge is 2.23. The molecule has 7 nitrogen and oxygen atoms in total. The molecule has 0 saturated carbocycles. The zero-order valence-corrected chi connectivity index (χ0v) is 10.1. The highest BCUT2D eigenvalue weighted by atomic mass is 16.7. The molecule has 19 heavy (non-hydrogen) atoms. The lowest BCUT2D eigenvalue weighted by molar-refractivity contribution is -0.132. The molecule has 0 bridgehead atoms. The molecule has 0 spiro atoms. The molecule has 4 N–H and O–H groups in total. The van der Waals surface area contributed by atoms with E-state index in [9.17, 15) is 14.4 Å². The molecule has 0 heterocycles. The highest BCUT2D eigenvalue weighted by Crippen LogP contribution is 2.04. The van der Waals surface area contributed by atoms with Gasteiger partial charge in [0, 0.05) is 0 Å². The van der Waals surface area contributed by atoms with E-state index in [1.165, 1.54) is 0 Å². The number of benzene rings is 1. The number of hydrogen-bond acceptors (Lipinski definition) is 5. The van der Waals surface area contributed by atoms with Gasteiger partial charge < -0.3 is 20.9 Å². The SMILES string of the molecule is NC(=O)CC(OC(=O)OCc1ccccc1)C(N)=O. The normalized spacial score (nSPS) is 11.4. The van der Waals surface area contributed by atoms with Crippen LogP contribution in [0.25, 0.3) is 0 Å². The highest BCUT2D eigenvalue weighted by molar-refractivity contribution is 5.87. The third-order valence-corrected chi connectivity index (χ3v) is 2.14. The van der Waals surface area contributed by atoms with E-state index in [1.807, 2.05) is 6.07 Å². The Kier molecular flexibility index (Phi) is 5.34. The molecule has 1 atom stereocenters. The van der Waals surface area contributed by atoms with E-state index in [0.717, 1.165) is 5.56 Å². The minimum absolute atomic E-state index is 0.0122. The van der Waals surface area contributed by atoms with Crippen molar-refractivity contribution in [2.75, 3.05) is 0 Å². The predicted octanol–water partition coefficient (Wildman–Crippen LogP) is 0.0691. The molecule has 0 aromatic heterocycles. The van der Waals surface area contributed by atoms with E-state index in [0.29, 0.717) is 0 Å². The van der Waals surface area contributed by atoms with Gasteiger partial charge in [-0.05, 0) is 5.56 Å². The third-order valence-electron chi connectivity index (χ3n) is 2.14. The maximum absolute atomic E-state index is 11.3. The number of hydrogen-bond donors (Lipinski definition) is 2. The van der Waals surface area contributed by atoms with Crippen LogP contribution in [-0.2, 0) is 25.7 Å². The molecule has 1 rings (SSSR count). The lowest BCUT2D eigenvalue weighted by Gasteiger charge is -2.12. The summed E-state index contributed by atoms with van der Waals surface area (Å²) in [5, 5.41) is 0. The summed E-state index contributed by atoms with van der Waals surface area (Å²) < 4.78 is 9.38. The van der Waals surface area contributed by atoms with Gasteiger partial charge in [-0.3, -0.25) is 9.59 Å². The van der Waals surface area contributed by atoms with E-state index in [4.69, 9.17) is 16.2 Å². The largest absolute Gasteiger partial charge is 0.509 e. The molecule has 1 unspecified atom stereocenters. The van der Waals surface area contributed by atoms with Gasteiger partial charge in [0.15, 0.2) is 6.10 Å². The first-order valence-corrected chi connectivity index (χ1v) is 5.44. The summed E-state index contributed by atoms with van der Waals surface area (Å²) in [6, 6.07) is 8.88. The van der Waals surface area contributed by atoms with Crippen molar-refractivity contribution in [1.29, 1.82) is 0 Å². The Morgan fingerprint density at radius 3 is 2.26 bits per heavy atom. The lowest BCUT2D eigenvalue weighted by atomic mass is 10.2. The number of rotatable bonds is 6. The van der Waals surface area contributed by atoms with Crippen LogP contribution in [-0.4, -0.2) is 24.1 Å². The van der Waals surface area contributed by atoms with Crippen molar-refractivity contribution in [1.82, 2.24) is 0 Å². The second-order valence-corrected chi connectivity index (χ2v) is 3.70. The van der Waals surface area contributed by atoms with Crippen LogP contribution in [0.3, 0.4) is 0 Å². The van der Waals surface area contributed by atoms with Crippen LogP contribution in [0.5, 0.6) is 0 Å². The lowest BCUT2D eigenvalue weighted by Crippen LogP contribution is -2.36. The molecule has 0 radical (unpaired) electrons. The maximum atomic E-state index is 11.3. The van der Waals surface area contributed by atoms with Gasteiger partial charge >= 0.3 is 6.16 Å². The predicted molar refractivity (Wildman–Crippen MR) is 64.5 cm³/mol. The van der Waals surface area contributed by atoms with Crippen molar-refractivity contribution in [2.45, 2.75) is 19.1 Å². The van der Waals surface area contributed by atoms with E-state index in [2.05, 4.69) is 4.74 Å². The van der Waals surface area contributed by atoms with E-state index in [-0.39, 0.29) is 6.61 Å². The average Bonchev–Trinajstić information content (AvgIpc) is 2.36. The molecule has 1 aromatic carbocycles. The van der Waals surface area contributed by atoms with Crippen molar-refractivity contribution in [3.05, 3.63) is 35.9 Å². The summed E-state index contributed by atoms with van der Waals surface area (Å²) in [5.41, 5.74) is 10.6. The van der Waals surface area contributed by atoms with Gasteiger partial charge in [-0.15, -0.1) is 0 Å². The summed E-state index contributed by atoms with van der Waals surface area (Å²) in [6.07, 6.45) is -2.98. The number of primary amides is 2. The minimum atomic E-state index is -1.42. The molecule has 0 aliphatic carbocycles. The molecular formula is C12H14N2O5. The molecule has 0 saturated heterocycles. The Labute approximate surface area is 109 Å². The van der Waals surface area contributed by atoms with Crippen LogP contribution in [0.1, 0.15) is 12.0 Å². The summed E-state index contributed by atoms with van der Waals surface area (Å²) in [5.74, 6) is -1.77. The molecule has 0 aliphatic heterocycles. The Morgan fingerprint density at radius 2 is 1.74 bits per heavy atom. The average molecular weight is 266 g/mol. The van der Waals surface area contributed by atoms with Crippen molar-refractivity contribution in [2.24, 2.45) is 11.5 Å². The zero-order chi connectivity index (χ0) is 14.3. The number of nitrogens with two attached hydrogens (primary N) is 2. The van der Waals surface area contributed by atoms with Gasteiger partial charge in [0.2, 0.25) is 5.91 Å². The van der Waals surface area contributed by atoms with Crippen LogP contribution >= 0.6 is 0 Å². The van der Waals surface area contributed by atoms with Gasteiger partial charge in [-0.1, -0.05) is 30.3 Å². The van der Waals surface area contributed by atoms with Crippen LogP contribution in [0.2, 0.25) is 0 Å². The topological polar surface area (TPSA) is 122 Å². The van der Waals surface area contributed by atoms with Gasteiger partial charge in [0.05, 0.1) is 6.42 Å². The standard InChI is InChI=1S/C12H14N2O5/c13-10(15)6-9(11(14)16)19-12(17)18-7-8-4-2-1-3-5-8/h1-5,9H,6-7H2,(H2,13,15)(H2,14,16). The second-order valence-electron chi connectivity index (χ2n) is 3.70. The molecule has 2 amide bonds. The Bertz CT molecular complexity index is 460. The third kappa shape index (κ3) is 5.53. The Morgan fingerprint density at radius 1 is 1.11 bits per heavy atom. The van der Waals surface area contributed by atoms with Gasteiger partial charge in [0.1, 0.15) is 6.61 Å². The van der Waals surface area contributed by atoms with E-state index in [1.54, 1.807) is 24.3 Å². The first kappa shape index (κ1) is 14.5. The Balaban J connectivity index is 2.45. The van der Waals surface area contributed by atoms with Gasteiger partial charge in [0.25, 0.3) is 5.91 Å². The quantitative estimate of drug-likeness (QED) is 0.705. The molecule has 0 aliphatic rings. The summed E-state index contributed by atoms with van der Waals surface area (Å²) in [4.78, 5) is 32.9. The zero-order valence-electron chi connectivity index (χ0n) is 10.1. The number of amides is 2. The van der Waals surface area contributed by atoms with Gasteiger partial charge in [-0.2, -0.15) is 0 Å². The first-order valence-electron chi connectivity index (χ1n) is 5.44. The second kappa shape index (κ2) is 7.00. The van der Waals surface area contributed by atoms with Crippen LogP contribution in [0.4, 0.5) is 4.79 Å². The monoisotopic (exact) mass is 266 g/mol. The number of carbonyl (C=O) groups is 3. The number of carbonyl (C=O) groups excluding carboxylic acids is 3. The smallest absolute Gasteiger partial charge is 0.429 e. The fraction of sp³-hybridized carbons (Fsp3) is 0.250. The summed E-state index contributed by atoms with van der Waals surface area (Å²) in [7, 11) is 0. The van der Waals surface area contributed by atoms with E-state index < -0.39 is 30.5 Å². The summed E-state index contributed by atoms with van der Waals surface area (Å²) >= 11 is 0. The Hall–Kier alpha value is -2.57. The molecule has 7 heteroatoms. The minimum Gasteiger partial charge on any atom is -0.429 e. The van der Waals surface area contributed by atoms with Crippen molar-refractivity contribution < 1.29 is 23.9 Å². The van der Waals surface area contributed by atoms with Crippen molar-refractivity contribution in [3.8, 4) is 0 Å². The van der Waals surface area contributed by atoms with Crippen molar-refractivity contribution in [3.63, 3.8) is 0 Å². The molecule has 1 aromatic rings. The van der Waals surface area contributed by atoms with Crippen molar-refractivity contribution >= 4 is 18.0 Å². The fourth-order valence-electron chi connectivity index (χ4n) is 1.25. The maximum Gasteiger partial charge on any atom is 0.509 e. The fourth-order valence-corrected chi connectivity index (χ4v) is 1.25. The van der Waals surface area contributed by atoms with Crippen LogP contribution < -0.4 is 11.5 Å². The molecule has 0 fully saturated rings. The number of ether oxygens (including phenoxy) is 2. The molecule has 102 valence electrons. The summed E-state index contributed by atoms with van der Waals surface area (Å²) in [6.45, 7) is -0.0122. The van der Waals surface area contributed by atoms with Gasteiger partial charge in [-0.25, -0.2) is 4.79 Å².